The number of anilines is 1. The molecule has 24 heavy (non-hydrogen) atoms. The molecule has 0 aliphatic heterocycles. The molecule has 8 nitrogen and oxygen atoms in total. The number of aromatic hydroxyl groups is 1. The number of nitro benzene ring substituents is 1. The number of phenols is 1. The fourth-order valence-corrected chi connectivity index (χ4v) is 1.96. The van der Waals surface area contributed by atoms with E-state index >= 15 is 0 Å². The van der Waals surface area contributed by atoms with E-state index in [4.69, 9.17) is 0 Å². The predicted molar refractivity (Wildman–Crippen MR) is 75.4 cm³/mol. The fraction of sp³-hybridized carbons (Fsp3) is 0.231. The van der Waals surface area contributed by atoms with Crippen LogP contribution < -0.4 is 5.32 Å². The molecule has 0 aliphatic carbocycles. The Kier molecular flexibility index (Phi) is 4.44. The number of aromatic nitrogens is 2. The Balaban J connectivity index is 2.21. The van der Waals surface area contributed by atoms with Gasteiger partial charge < -0.3 is 10.4 Å². The summed E-state index contributed by atoms with van der Waals surface area (Å²) in [6.07, 6.45) is -4.69. The van der Waals surface area contributed by atoms with E-state index in [1.54, 1.807) is 0 Å². The highest BCUT2D eigenvalue weighted by Crippen LogP contribution is 2.30. The number of nitrogens with zero attached hydrogens (tertiary/aromatic N) is 3. The number of aryl methyl sites for hydroxylation is 1. The van der Waals surface area contributed by atoms with Crippen LogP contribution in [0.15, 0.2) is 24.3 Å². The maximum atomic E-state index is 12.8. The number of carbonyl (C=O) groups excluding carboxylic acids is 1. The van der Waals surface area contributed by atoms with Gasteiger partial charge in [0, 0.05) is 12.1 Å². The molecule has 0 saturated heterocycles. The van der Waals surface area contributed by atoms with Crippen molar-refractivity contribution >= 4 is 17.3 Å². The van der Waals surface area contributed by atoms with Gasteiger partial charge in [-0.05, 0) is 19.1 Å². The van der Waals surface area contributed by atoms with Crippen LogP contribution in [-0.4, -0.2) is 25.7 Å². The third-order valence-corrected chi connectivity index (χ3v) is 2.95. The highest BCUT2D eigenvalue weighted by atomic mass is 19.4. The zero-order valence-electron chi connectivity index (χ0n) is 12.2. The standard InChI is InChI=1S/C13H11F3N4O4/c1-7-4-11(13(14,15)16)19(18-7)6-12(22)17-9-5-8(20(23)24)2-3-10(9)21/h2-5,21H,6H2,1H3,(H,17,22). The highest BCUT2D eigenvalue weighted by molar-refractivity contribution is 5.92. The number of alkyl halides is 3. The molecule has 2 N–H and O–H groups in total. The van der Waals surface area contributed by atoms with E-state index in [0.29, 0.717) is 4.68 Å². The molecule has 0 spiro atoms. The molecule has 0 radical (unpaired) electrons. The van der Waals surface area contributed by atoms with Crippen molar-refractivity contribution < 1.29 is 28.0 Å². The number of hydrogen-bond donors (Lipinski definition) is 2. The summed E-state index contributed by atoms with van der Waals surface area (Å²) in [4.78, 5) is 21.8. The van der Waals surface area contributed by atoms with Gasteiger partial charge in [-0.3, -0.25) is 19.6 Å². The van der Waals surface area contributed by atoms with E-state index in [0.717, 1.165) is 24.3 Å². The predicted octanol–water partition coefficient (Wildman–Crippen LogP) is 2.46. The number of amides is 1. The maximum absolute atomic E-state index is 12.8. The zero-order chi connectivity index (χ0) is 18.1. The fourth-order valence-electron chi connectivity index (χ4n) is 1.96. The first-order valence-electron chi connectivity index (χ1n) is 6.47. The lowest BCUT2D eigenvalue weighted by atomic mass is 10.2. The van der Waals surface area contributed by atoms with Crippen LogP contribution in [0.4, 0.5) is 24.5 Å². The molecule has 0 bridgehead atoms. The molecule has 1 amide bonds. The van der Waals surface area contributed by atoms with Gasteiger partial charge in [0.15, 0.2) is 0 Å². The maximum Gasteiger partial charge on any atom is 0.433 e. The second kappa shape index (κ2) is 6.18. The van der Waals surface area contributed by atoms with Gasteiger partial charge in [0.1, 0.15) is 18.0 Å². The summed E-state index contributed by atoms with van der Waals surface area (Å²) < 4.78 is 39.0. The van der Waals surface area contributed by atoms with Gasteiger partial charge in [-0.25, -0.2) is 0 Å². The Morgan fingerprint density at radius 2 is 2.08 bits per heavy atom. The summed E-state index contributed by atoms with van der Waals surface area (Å²) in [5, 5.41) is 26.0. The SMILES string of the molecule is Cc1cc(C(F)(F)F)n(CC(=O)Nc2cc([N+](=O)[O-])ccc2O)n1. The first kappa shape index (κ1) is 17.2. The smallest absolute Gasteiger partial charge is 0.433 e. The van der Waals surface area contributed by atoms with Crippen molar-refractivity contribution in [2.75, 3.05) is 5.32 Å². The van der Waals surface area contributed by atoms with Gasteiger partial charge in [-0.2, -0.15) is 18.3 Å². The molecule has 0 aliphatic rings. The van der Waals surface area contributed by atoms with Gasteiger partial charge in [0.2, 0.25) is 5.91 Å². The molecule has 0 saturated carbocycles. The van der Waals surface area contributed by atoms with Gasteiger partial charge in [0.05, 0.1) is 16.3 Å². The van der Waals surface area contributed by atoms with Crippen molar-refractivity contribution in [3.63, 3.8) is 0 Å². The first-order valence-corrected chi connectivity index (χ1v) is 6.47. The lowest BCUT2D eigenvalue weighted by Crippen LogP contribution is -2.23. The van der Waals surface area contributed by atoms with Crippen LogP contribution in [-0.2, 0) is 17.5 Å². The van der Waals surface area contributed by atoms with Crippen LogP contribution in [0.3, 0.4) is 0 Å². The minimum absolute atomic E-state index is 0.0771. The van der Waals surface area contributed by atoms with Gasteiger partial charge in [-0.1, -0.05) is 0 Å². The molecule has 0 fully saturated rings. The minimum atomic E-state index is -4.69. The van der Waals surface area contributed by atoms with Crippen molar-refractivity contribution in [1.29, 1.82) is 0 Å². The van der Waals surface area contributed by atoms with E-state index in [1.807, 2.05) is 0 Å². The highest BCUT2D eigenvalue weighted by Gasteiger charge is 2.35. The third-order valence-electron chi connectivity index (χ3n) is 2.95. The molecular weight excluding hydrogens is 333 g/mol. The third kappa shape index (κ3) is 3.80. The summed E-state index contributed by atoms with van der Waals surface area (Å²) in [6, 6.07) is 3.70. The molecule has 1 heterocycles. The summed E-state index contributed by atoms with van der Waals surface area (Å²) in [5.74, 6) is -1.39. The lowest BCUT2D eigenvalue weighted by molar-refractivity contribution is -0.384. The Bertz CT molecular complexity index is 801. The Morgan fingerprint density at radius 3 is 2.67 bits per heavy atom. The van der Waals surface area contributed by atoms with Crippen molar-refractivity contribution in [3.05, 3.63) is 45.8 Å². The average Bonchev–Trinajstić information content (AvgIpc) is 2.81. The van der Waals surface area contributed by atoms with Crippen molar-refractivity contribution in [3.8, 4) is 5.75 Å². The largest absolute Gasteiger partial charge is 0.506 e. The van der Waals surface area contributed by atoms with Crippen LogP contribution in [0.5, 0.6) is 5.75 Å². The molecule has 2 aromatic rings. The van der Waals surface area contributed by atoms with Gasteiger partial charge in [0.25, 0.3) is 5.69 Å². The molecule has 1 aromatic heterocycles. The number of halogens is 3. The van der Waals surface area contributed by atoms with E-state index in [2.05, 4.69) is 10.4 Å². The first-order chi connectivity index (χ1) is 11.1. The van der Waals surface area contributed by atoms with Crippen molar-refractivity contribution in [2.24, 2.45) is 0 Å². The normalized spacial score (nSPS) is 11.3. The number of hydrogen-bond acceptors (Lipinski definition) is 5. The summed E-state index contributed by atoms with van der Waals surface area (Å²) in [6.45, 7) is 0.570. The molecule has 1 aromatic carbocycles. The number of benzene rings is 1. The van der Waals surface area contributed by atoms with Crippen LogP contribution >= 0.6 is 0 Å². The number of rotatable bonds is 4. The van der Waals surface area contributed by atoms with Crippen molar-refractivity contribution in [1.82, 2.24) is 9.78 Å². The van der Waals surface area contributed by atoms with E-state index < -0.39 is 40.7 Å². The lowest BCUT2D eigenvalue weighted by Gasteiger charge is -2.11. The molecule has 0 atom stereocenters. The topological polar surface area (TPSA) is 110 Å². The van der Waals surface area contributed by atoms with E-state index in [9.17, 15) is 33.2 Å². The Labute approximate surface area is 132 Å². The zero-order valence-corrected chi connectivity index (χ0v) is 12.2. The molecule has 11 heteroatoms. The number of carbonyl (C=O) groups is 1. The Morgan fingerprint density at radius 1 is 1.42 bits per heavy atom. The van der Waals surface area contributed by atoms with Crippen LogP contribution in [0, 0.1) is 17.0 Å². The molecule has 128 valence electrons. The second-order valence-corrected chi connectivity index (χ2v) is 4.83. The molecule has 2 rings (SSSR count). The average molecular weight is 344 g/mol. The molecular formula is C13H11F3N4O4. The number of nitrogens with one attached hydrogen (secondary N) is 1. The van der Waals surface area contributed by atoms with Crippen molar-refractivity contribution in [2.45, 2.75) is 19.6 Å². The van der Waals surface area contributed by atoms with Gasteiger partial charge >= 0.3 is 6.18 Å². The van der Waals surface area contributed by atoms with E-state index in [-0.39, 0.29) is 11.4 Å². The summed E-state index contributed by atoms with van der Waals surface area (Å²) in [7, 11) is 0. The van der Waals surface area contributed by atoms with Crippen LogP contribution in [0.2, 0.25) is 0 Å². The molecule has 0 unspecified atom stereocenters. The number of phenolic OH excluding ortho intramolecular Hbond substituents is 1. The monoisotopic (exact) mass is 344 g/mol. The quantitative estimate of drug-likeness (QED) is 0.503. The summed E-state index contributed by atoms with van der Waals surface area (Å²) in [5.41, 5.74) is -1.70. The van der Waals surface area contributed by atoms with Crippen LogP contribution in [0.25, 0.3) is 0 Å². The minimum Gasteiger partial charge on any atom is -0.506 e. The number of non-ortho nitro benzene ring substituents is 1. The van der Waals surface area contributed by atoms with E-state index in [1.165, 1.54) is 6.92 Å². The second-order valence-electron chi connectivity index (χ2n) is 4.83. The van der Waals surface area contributed by atoms with Gasteiger partial charge in [-0.15, -0.1) is 0 Å². The van der Waals surface area contributed by atoms with Crippen LogP contribution in [0.1, 0.15) is 11.4 Å². The Hall–Kier alpha value is -3.11. The summed E-state index contributed by atoms with van der Waals surface area (Å²) >= 11 is 0. The number of nitro groups is 1.